The molecular weight excluding hydrogens is 324 g/mol. The predicted molar refractivity (Wildman–Crippen MR) is 92.6 cm³/mol. The highest BCUT2D eigenvalue weighted by Crippen LogP contribution is 2.24. The van der Waals surface area contributed by atoms with Gasteiger partial charge >= 0.3 is 0 Å². The van der Waals surface area contributed by atoms with E-state index in [1.165, 1.54) is 17.8 Å². The van der Waals surface area contributed by atoms with Crippen LogP contribution in [-0.2, 0) is 4.79 Å². The van der Waals surface area contributed by atoms with E-state index in [0.29, 0.717) is 33.3 Å². The van der Waals surface area contributed by atoms with Crippen LogP contribution in [0.3, 0.4) is 0 Å². The third-order valence-corrected chi connectivity index (χ3v) is 4.15. The van der Waals surface area contributed by atoms with Crippen LogP contribution < -0.4 is 11.1 Å². The minimum atomic E-state index is -0.406. The molecule has 1 aromatic carbocycles. The maximum absolute atomic E-state index is 12.4. The molecule has 1 aromatic heterocycles. The van der Waals surface area contributed by atoms with Gasteiger partial charge in [0.15, 0.2) is 0 Å². The summed E-state index contributed by atoms with van der Waals surface area (Å²) in [7, 11) is 0. The minimum absolute atomic E-state index is 0.201. The van der Waals surface area contributed by atoms with Gasteiger partial charge in [0.05, 0.1) is 16.8 Å². The molecule has 2 amide bonds. The molecule has 2 aromatic rings. The van der Waals surface area contributed by atoms with Gasteiger partial charge in [-0.3, -0.25) is 9.59 Å². The fourth-order valence-corrected chi connectivity index (χ4v) is 2.93. The fraction of sp³-hybridized carbons (Fsp3) is 0.176. The molecule has 0 fully saturated rings. The van der Waals surface area contributed by atoms with Crippen LogP contribution in [0.25, 0.3) is 0 Å². The van der Waals surface area contributed by atoms with E-state index in [1.807, 2.05) is 24.3 Å². The zero-order chi connectivity index (χ0) is 17.5. The smallest absolute Gasteiger partial charge is 0.257 e. The van der Waals surface area contributed by atoms with Crippen molar-refractivity contribution in [1.29, 1.82) is 5.26 Å². The number of anilines is 1. The topological polar surface area (TPSA) is 109 Å². The number of nitrogens with one attached hydrogen (secondary N) is 1. The maximum atomic E-state index is 12.4. The molecule has 0 atom stereocenters. The molecule has 24 heavy (non-hydrogen) atoms. The Bertz CT molecular complexity index is 800. The molecule has 0 saturated heterocycles. The van der Waals surface area contributed by atoms with Crippen LogP contribution in [0.5, 0.6) is 0 Å². The molecule has 3 N–H and O–H groups in total. The molecule has 7 heteroatoms. The fourth-order valence-electron chi connectivity index (χ4n) is 1.97. The van der Waals surface area contributed by atoms with Crippen LogP contribution in [0, 0.1) is 18.3 Å². The average Bonchev–Trinajstić information content (AvgIpc) is 2.55. The number of nitrogens with two attached hydrogens (primary N) is 1. The summed E-state index contributed by atoms with van der Waals surface area (Å²) in [5.74, 6) is -0.292. The molecule has 0 saturated carbocycles. The number of aromatic nitrogens is 1. The first-order chi connectivity index (χ1) is 11.5. The normalized spacial score (nSPS) is 10.0. The van der Waals surface area contributed by atoms with Crippen molar-refractivity contribution in [3.05, 3.63) is 53.2 Å². The molecule has 0 spiro atoms. The number of primary amides is 1. The molecular formula is C17H16N4O2S. The van der Waals surface area contributed by atoms with E-state index in [2.05, 4.69) is 10.3 Å². The summed E-state index contributed by atoms with van der Waals surface area (Å²) in [6.45, 7) is 1.71. The summed E-state index contributed by atoms with van der Waals surface area (Å²) in [5.41, 5.74) is 6.93. The molecule has 0 radical (unpaired) electrons. The third-order valence-electron chi connectivity index (χ3n) is 3.16. The van der Waals surface area contributed by atoms with Crippen LogP contribution >= 0.6 is 11.8 Å². The average molecular weight is 340 g/mol. The molecule has 0 aliphatic carbocycles. The molecule has 2 rings (SSSR count). The van der Waals surface area contributed by atoms with Gasteiger partial charge in [0.25, 0.3) is 5.91 Å². The Hall–Kier alpha value is -2.85. The number of carbonyl (C=O) groups excluding carboxylic acids is 2. The SMILES string of the molecule is Cc1nc(SCCC(N)=O)c(C#N)cc1C(=O)Nc1ccccc1. The Balaban J connectivity index is 2.21. The number of aryl methyl sites for hydroxylation is 1. The predicted octanol–water partition coefficient (Wildman–Crippen LogP) is 2.48. The number of para-hydroxylation sites is 1. The highest BCUT2D eigenvalue weighted by atomic mass is 32.2. The van der Waals surface area contributed by atoms with Crippen LogP contribution in [0.1, 0.15) is 28.0 Å². The minimum Gasteiger partial charge on any atom is -0.370 e. The van der Waals surface area contributed by atoms with Crippen molar-refractivity contribution >= 4 is 29.3 Å². The molecule has 0 aliphatic heterocycles. The van der Waals surface area contributed by atoms with E-state index in [1.54, 1.807) is 19.1 Å². The molecule has 0 bridgehead atoms. The highest BCUT2D eigenvalue weighted by molar-refractivity contribution is 7.99. The Kier molecular flexibility index (Phi) is 5.93. The Labute approximate surface area is 144 Å². The van der Waals surface area contributed by atoms with Crippen molar-refractivity contribution in [3.8, 4) is 6.07 Å². The number of thioether (sulfide) groups is 1. The zero-order valence-electron chi connectivity index (χ0n) is 13.1. The van der Waals surface area contributed by atoms with Crippen LogP contribution in [0.15, 0.2) is 41.4 Å². The number of benzene rings is 1. The van der Waals surface area contributed by atoms with Crippen molar-refractivity contribution in [2.24, 2.45) is 5.73 Å². The standard InChI is InChI=1S/C17H16N4O2S/c1-11-14(16(23)21-13-5-3-2-4-6-13)9-12(10-18)17(20-11)24-8-7-15(19)22/h2-6,9H,7-8H2,1H3,(H2,19,22)(H,21,23). The maximum Gasteiger partial charge on any atom is 0.257 e. The number of rotatable bonds is 6. The lowest BCUT2D eigenvalue weighted by Crippen LogP contribution is -2.15. The van der Waals surface area contributed by atoms with Crippen LogP contribution in [-0.4, -0.2) is 22.6 Å². The number of hydrogen-bond acceptors (Lipinski definition) is 5. The molecule has 1 heterocycles. The Morgan fingerprint density at radius 3 is 2.67 bits per heavy atom. The molecule has 0 unspecified atom stereocenters. The van der Waals surface area contributed by atoms with E-state index in [9.17, 15) is 14.9 Å². The third kappa shape index (κ3) is 4.57. The number of carbonyl (C=O) groups is 2. The van der Waals surface area contributed by atoms with Gasteiger partial charge in [-0.1, -0.05) is 18.2 Å². The van der Waals surface area contributed by atoms with Gasteiger partial charge in [-0.05, 0) is 25.1 Å². The van der Waals surface area contributed by atoms with Gasteiger partial charge in [0.1, 0.15) is 11.1 Å². The molecule has 122 valence electrons. The monoisotopic (exact) mass is 340 g/mol. The van der Waals surface area contributed by atoms with Crippen molar-refractivity contribution in [1.82, 2.24) is 4.98 Å². The van der Waals surface area contributed by atoms with E-state index in [4.69, 9.17) is 5.73 Å². The Morgan fingerprint density at radius 1 is 1.33 bits per heavy atom. The zero-order valence-corrected chi connectivity index (χ0v) is 13.9. The largest absolute Gasteiger partial charge is 0.370 e. The lowest BCUT2D eigenvalue weighted by molar-refractivity contribution is -0.117. The van der Waals surface area contributed by atoms with Crippen molar-refractivity contribution in [3.63, 3.8) is 0 Å². The van der Waals surface area contributed by atoms with Gasteiger partial charge in [0, 0.05) is 17.9 Å². The molecule has 0 aliphatic rings. The number of pyridine rings is 1. The quantitative estimate of drug-likeness (QED) is 0.785. The first-order valence-electron chi connectivity index (χ1n) is 7.20. The van der Waals surface area contributed by atoms with Crippen molar-refractivity contribution in [2.75, 3.05) is 11.1 Å². The second-order valence-electron chi connectivity index (χ2n) is 4.97. The van der Waals surface area contributed by atoms with Gasteiger partial charge in [-0.2, -0.15) is 5.26 Å². The van der Waals surface area contributed by atoms with Crippen molar-refractivity contribution in [2.45, 2.75) is 18.4 Å². The van der Waals surface area contributed by atoms with Crippen LogP contribution in [0.2, 0.25) is 0 Å². The summed E-state index contributed by atoms with van der Waals surface area (Å²) in [6, 6.07) is 12.6. The van der Waals surface area contributed by atoms with E-state index < -0.39 is 5.91 Å². The molecule has 6 nitrogen and oxygen atoms in total. The Morgan fingerprint density at radius 2 is 2.04 bits per heavy atom. The summed E-state index contributed by atoms with van der Waals surface area (Å²) in [4.78, 5) is 27.5. The van der Waals surface area contributed by atoms with Gasteiger partial charge in [-0.25, -0.2) is 4.98 Å². The summed E-state index contributed by atoms with van der Waals surface area (Å²) >= 11 is 1.27. The first kappa shape index (κ1) is 17.5. The first-order valence-corrected chi connectivity index (χ1v) is 8.19. The number of amides is 2. The van der Waals surface area contributed by atoms with Crippen LogP contribution in [0.4, 0.5) is 5.69 Å². The second kappa shape index (κ2) is 8.13. The summed E-state index contributed by atoms with van der Waals surface area (Å²) in [5, 5.41) is 12.6. The summed E-state index contributed by atoms with van der Waals surface area (Å²) in [6.07, 6.45) is 0.201. The number of hydrogen-bond donors (Lipinski definition) is 2. The lowest BCUT2D eigenvalue weighted by atomic mass is 10.1. The number of nitrogens with zero attached hydrogens (tertiary/aromatic N) is 2. The van der Waals surface area contributed by atoms with E-state index >= 15 is 0 Å². The van der Waals surface area contributed by atoms with Gasteiger partial charge < -0.3 is 11.1 Å². The van der Waals surface area contributed by atoms with Gasteiger partial charge in [0.2, 0.25) is 5.91 Å². The van der Waals surface area contributed by atoms with Crippen molar-refractivity contribution < 1.29 is 9.59 Å². The highest BCUT2D eigenvalue weighted by Gasteiger charge is 2.15. The summed E-state index contributed by atoms with van der Waals surface area (Å²) < 4.78 is 0. The lowest BCUT2D eigenvalue weighted by Gasteiger charge is -2.10. The second-order valence-corrected chi connectivity index (χ2v) is 6.05. The van der Waals surface area contributed by atoms with Gasteiger partial charge in [-0.15, -0.1) is 11.8 Å². The van der Waals surface area contributed by atoms with E-state index in [0.717, 1.165) is 0 Å². The number of nitriles is 1. The van der Waals surface area contributed by atoms with E-state index in [-0.39, 0.29) is 12.3 Å².